The van der Waals surface area contributed by atoms with Crippen LogP contribution in [-0.4, -0.2) is 11.7 Å². The highest BCUT2D eigenvalue weighted by molar-refractivity contribution is 5.27. The van der Waals surface area contributed by atoms with Crippen molar-refractivity contribution in [2.75, 3.05) is 6.54 Å². The van der Waals surface area contributed by atoms with Crippen LogP contribution in [0.5, 0.6) is 5.75 Å². The van der Waals surface area contributed by atoms with Gasteiger partial charge < -0.3 is 10.4 Å². The van der Waals surface area contributed by atoms with Crippen LogP contribution in [0.1, 0.15) is 30.5 Å². The van der Waals surface area contributed by atoms with E-state index in [1.165, 1.54) is 11.1 Å². The molecule has 0 fully saturated rings. The van der Waals surface area contributed by atoms with Crippen LogP contribution in [0.15, 0.2) is 54.6 Å². The summed E-state index contributed by atoms with van der Waals surface area (Å²) in [4.78, 5) is 0. The smallest absolute Gasteiger partial charge is 0.115 e. The largest absolute Gasteiger partial charge is 0.508 e. The first-order valence-electron chi connectivity index (χ1n) is 6.86. The zero-order chi connectivity index (χ0) is 13.5. The number of hydrogen-bond acceptors (Lipinski definition) is 2. The Bertz CT molecular complexity index is 496. The molecule has 2 N–H and O–H groups in total. The van der Waals surface area contributed by atoms with E-state index in [9.17, 15) is 5.11 Å². The Labute approximate surface area is 115 Å². The van der Waals surface area contributed by atoms with Crippen molar-refractivity contribution >= 4 is 0 Å². The van der Waals surface area contributed by atoms with Gasteiger partial charge in [-0.05, 0) is 42.6 Å². The molecule has 0 amide bonds. The molecule has 0 aliphatic rings. The number of hydrogen-bond donors (Lipinski definition) is 2. The van der Waals surface area contributed by atoms with Crippen LogP contribution in [0.2, 0.25) is 0 Å². The minimum atomic E-state index is 0.345. The first kappa shape index (κ1) is 13.6. The third-order valence-corrected chi connectivity index (χ3v) is 3.28. The topological polar surface area (TPSA) is 32.3 Å². The molecule has 2 aromatic rings. The summed E-state index contributed by atoms with van der Waals surface area (Å²) in [6.07, 6.45) is 1.99. The fourth-order valence-corrected chi connectivity index (χ4v) is 2.34. The first-order chi connectivity index (χ1) is 9.29. The summed E-state index contributed by atoms with van der Waals surface area (Å²) < 4.78 is 0. The number of nitrogens with one attached hydrogen (secondary N) is 1. The molecule has 2 nitrogen and oxygen atoms in total. The molecule has 0 spiro atoms. The lowest BCUT2D eigenvalue weighted by atomic mass is 9.99. The molecule has 2 aromatic carbocycles. The van der Waals surface area contributed by atoms with E-state index in [0.717, 1.165) is 19.4 Å². The van der Waals surface area contributed by atoms with Crippen LogP contribution in [0.3, 0.4) is 0 Å². The normalized spacial score (nSPS) is 12.3. The molecule has 0 saturated carbocycles. The average Bonchev–Trinajstić information content (AvgIpc) is 2.44. The van der Waals surface area contributed by atoms with Gasteiger partial charge in [0.2, 0.25) is 0 Å². The third kappa shape index (κ3) is 4.11. The molecule has 0 bridgehead atoms. The van der Waals surface area contributed by atoms with Gasteiger partial charge in [-0.2, -0.15) is 0 Å². The summed E-state index contributed by atoms with van der Waals surface area (Å²) in [6, 6.07) is 18.4. The second kappa shape index (κ2) is 6.95. The fourth-order valence-electron chi connectivity index (χ4n) is 2.34. The van der Waals surface area contributed by atoms with Gasteiger partial charge in [0, 0.05) is 6.04 Å². The van der Waals surface area contributed by atoms with Crippen molar-refractivity contribution in [1.82, 2.24) is 5.32 Å². The van der Waals surface area contributed by atoms with Crippen molar-refractivity contribution in [3.8, 4) is 5.75 Å². The highest BCUT2D eigenvalue weighted by Crippen LogP contribution is 2.20. The van der Waals surface area contributed by atoms with Gasteiger partial charge in [-0.15, -0.1) is 0 Å². The Morgan fingerprint density at radius 2 is 1.84 bits per heavy atom. The molecular formula is C17H21NO. The van der Waals surface area contributed by atoms with E-state index in [2.05, 4.69) is 42.6 Å². The first-order valence-corrected chi connectivity index (χ1v) is 6.86. The average molecular weight is 255 g/mol. The maximum Gasteiger partial charge on any atom is 0.115 e. The van der Waals surface area contributed by atoms with Gasteiger partial charge in [0.15, 0.2) is 0 Å². The number of benzene rings is 2. The van der Waals surface area contributed by atoms with Crippen molar-refractivity contribution in [1.29, 1.82) is 0 Å². The molecule has 19 heavy (non-hydrogen) atoms. The molecule has 1 atom stereocenters. The standard InChI is InChI=1S/C17H21NO/c1-2-18-17(15-8-4-3-5-9-15)12-11-14-7-6-10-16(19)13-14/h3-10,13,17-19H,2,11-12H2,1H3. The maximum atomic E-state index is 9.48. The van der Waals surface area contributed by atoms with Crippen LogP contribution in [-0.2, 0) is 6.42 Å². The molecule has 0 saturated heterocycles. The van der Waals surface area contributed by atoms with Gasteiger partial charge >= 0.3 is 0 Å². The van der Waals surface area contributed by atoms with Crippen LogP contribution >= 0.6 is 0 Å². The van der Waals surface area contributed by atoms with Crippen LogP contribution in [0.25, 0.3) is 0 Å². The molecule has 1 unspecified atom stereocenters. The second-order valence-electron chi connectivity index (χ2n) is 4.73. The van der Waals surface area contributed by atoms with Crippen LogP contribution in [0.4, 0.5) is 0 Å². The Hall–Kier alpha value is -1.80. The minimum Gasteiger partial charge on any atom is -0.508 e. The summed E-state index contributed by atoms with van der Waals surface area (Å²) in [5, 5.41) is 13.0. The number of rotatable bonds is 6. The monoisotopic (exact) mass is 255 g/mol. The van der Waals surface area contributed by atoms with E-state index in [-0.39, 0.29) is 0 Å². The van der Waals surface area contributed by atoms with Gasteiger partial charge in [0.1, 0.15) is 5.75 Å². The van der Waals surface area contributed by atoms with Crippen molar-refractivity contribution in [2.45, 2.75) is 25.8 Å². The van der Waals surface area contributed by atoms with Gasteiger partial charge in [-0.1, -0.05) is 49.4 Å². The molecule has 0 radical (unpaired) electrons. The number of aromatic hydroxyl groups is 1. The lowest BCUT2D eigenvalue weighted by Gasteiger charge is -2.18. The van der Waals surface area contributed by atoms with Crippen molar-refractivity contribution in [3.05, 3.63) is 65.7 Å². The van der Waals surface area contributed by atoms with E-state index >= 15 is 0 Å². The van der Waals surface area contributed by atoms with Crippen LogP contribution < -0.4 is 5.32 Å². The second-order valence-corrected chi connectivity index (χ2v) is 4.73. The van der Waals surface area contributed by atoms with Gasteiger partial charge in [-0.25, -0.2) is 0 Å². The van der Waals surface area contributed by atoms with Crippen molar-refractivity contribution in [3.63, 3.8) is 0 Å². The number of aryl methyl sites for hydroxylation is 1. The predicted molar refractivity (Wildman–Crippen MR) is 79.3 cm³/mol. The maximum absolute atomic E-state index is 9.48. The lowest BCUT2D eigenvalue weighted by molar-refractivity contribution is 0.473. The summed E-state index contributed by atoms with van der Waals surface area (Å²) in [5.74, 6) is 0.345. The highest BCUT2D eigenvalue weighted by atomic mass is 16.3. The Kier molecular flexibility index (Phi) is 4.99. The zero-order valence-corrected chi connectivity index (χ0v) is 11.3. The van der Waals surface area contributed by atoms with Gasteiger partial charge in [0.25, 0.3) is 0 Å². The quantitative estimate of drug-likeness (QED) is 0.825. The molecule has 0 heterocycles. The van der Waals surface area contributed by atoms with E-state index < -0.39 is 0 Å². The lowest BCUT2D eigenvalue weighted by Crippen LogP contribution is -2.21. The SMILES string of the molecule is CCNC(CCc1cccc(O)c1)c1ccccc1. The minimum absolute atomic E-state index is 0.345. The van der Waals surface area contributed by atoms with Crippen molar-refractivity contribution < 1.29 is 5.11 Å². The Morgan fingerprint density at radius 3 is 2.53 bits per heavy atom. The molecule has 2 rings (SSSR count). The van der Waals surface area contributed by atoms with Crippen molar-refractivity contribution in [2.24, 2.45) is 0 Å². The zero-order valence-electron chi connectivity index (χ0n) is 11.3. The van der Waals surface area contributed by atoms with Crippen LogP contribution in [0, 0.1) is 0 Å². The predicted octanol–water partition coefficient (Wildman–Crippen LogP) is 3.68. The third-order valence-electron chi connectivity index (χ3n) is 3.28. The van der Waals surface area contributed by atoms with E-state index in [1.54, 1.807) is 6.07 Å². The van der Waals surface area contributed by atoms with E-state index in [0.29, 0.717) is 11.8 Å². The Morgan fingerprint density at radius 1 is 1.05 bits per heavy atom. The van der Waals surface area contributed by atoms with Gasteiger partial charge in [-0.3, -0.25) is 0 Å². The summed E-state index contributed by atoms with van der Waals surface area (Å²) in [5.41, 5.74) is 2.50. The molecular weight excluding hydrogens is 234 g/mol. The molecule has 2 heteroatoms. The molecule has 0 aliphatic carbocycles. The highest BCUT2D eigenvalue weighted by Gasteiger charge is 2.09. The Balaban J connectivity index is 2.01. The molecule has 0 aliphatic heterocycles. The number of phenolic OH excluding ortho intramolecular Hbond substituents is 1. The summed E-state index contributed by atoms with van der Waals surface area (Å²) in [6.45, 7) is 3.09. The van der Waals surface area contributed by atoms with Gasteiger partial charge in [0.05, 0.1) is 0 Å². The summed E-state index contributed by atoms with van der Waals surface area (Å²) >= 11 is 0. The summed E-state index contributed by atoms with van der Waals surface area (Å²) in [7, 11) is 0. The van der Waals surface area contributed by atoms with E-state index in [4.69, 9.17) is 0 Å². The fraction of sp³-hybridized carbons (Fsp3) is 0.294. The van der Waals surface area contributed by atoms with E-state index in [1.807, 2.05) is 18.2 Å². The molecule has 100 valence electrons. The number of phenols is 1. The molecule has 0 aromatic heterocycles.